The third-order valence-corrected chi connectivity index (χ3v) is 3.95. The van der Waals surface area contributed by atoms with Gasteiger partial charge in [0, 0.05) is 30.1 Å². The smallest absolute Gasteiger partial charge is 0.305 e. The van der Waals surface area contributed by atoms with Crippen molar-refractivity contribution in [3.63, 3.8) is 0 Å². The van der Waals surface area contributed by atoms with Crippen LogP contribution in [0.15, 0.2) is 35.7 Å². The summed E-state index contributed by atoms with van der Waals surface area (Å²) in [5.74, 6) is -1.31. The second-order valence-electron chi connectivity index (χ2n) is 4.48. The molecule has 1 heterocycles. The van der Waals surface area contributed by atoms with Gasteiger partial charge >= 0.3 is 5.69 Å². The third kappa shape index (κ3) is 3.63. The number of rotatable bonds is 5. The van der Waals surface area contributed by atoms with Crippen LogP contribution in [0.3, 0.4) is 0 Å². The van der Waals surface area contributed by atoms with Gasteiger partial charge in [-0.3, -0.25) is 14.9 Å². The van der Waals surface area contributed by atoms with Gasteiger partial charge in [-0.2, -0.15) is 4.39 Å². The summed E-state index contributed by atoms with van der Waals surface area (Å²) in [6, 6.07) is 7.08. The van der Waals surface area contributed by atoms with E-state index >= 15 is 0 Å². The van der Waals surface area contributed by atoms with E-state index in [1.54, 1.807) is 18.4 Å². The van der Waals surface area contributed by atoms with Gasteiger partial charge in [-0.05, 0) is 30.0 Å². The maximum absolute atomic E-state index is 13.3. The van der Waals surface area contributed by atoms with Crippen molar-refractivity contribution in [2.45, 2.75) is 6.42 Å². The molecule has 1 amide bonds. The number of nitro benzene ring substituents is 1. The average molecular weight is 308 g/mol. The number of nitrogens with zero attached hydrogens (tertiary/aromatic N) is 2. The number of nitro groups is 1. The van der Waals surface area contributed by atoms with Gasteiger partial charge < -0.3 is 4.90 Å². The van der Waals surface area contributed by atoms with Crippen LogP contribution < -0.4 is 0 Å². The normalized spacial score (nSPS) is 10.4. The molecule has 7 heteroatoms. The van der Waals surface area contributed by atoms with E-state index in [4.69, 9.17) is 0 Å². The number of likely N-dealkylation sites (N-methyl/N-ethyl adjacent to an activating group) is 1. The molecule has 0 saturated carbocycles. The predicted molar refractivity (Wildman–Crippen MR) is 78.0 cm³/mol. The van der Waals surface area contributed by atoms with Crippen LogP contribution in [0.1, 0.15) is 15.2 Å². The highest BCUT2D eigenvalue weighted by Crippen LogP contribution is 2.19. The summed E-state index contributed by atoms with van der Waals surface area (Å²) in [6.07, 6.45) is 0.712. The van der Waals surface area contributed by atoms with Crippen molar-refractivity contribution in [2.75, 3.05) is 13.6 Å². The molecule has 0 radical (unpaired) electrons. The summed E-state index contributed by atoms with van der Waals surface area (Å²) >= 11 is 1.60. The summed E-state index contributed by atoms with van der Waals surface area (Å²) < 4.78 is 13.3. The van der Waals surface area contributed by atoms with E-state index < -0.39 is 16.4 Å². The Balaban J connectivity index is 2.08. The summed E-state index contributed by atoms with van der Waals surface area (Å²) in [7, 11) is 1.62. The fraction of sp³-hybridized carbons (Fsp3) is 0.214. The highest BCUT2D eigenvalue weighted by atomic mass is 32.1. The van der Waals surface area contributed by atoms with Gasteiger partial charge in [0.25, 0.3) is 5.91 Å². The van der Waals surface area contributed by atoms with Crippen molar-refractivity contribution >= 4 is 22.9 Å². The zero-order chi connectivity index (χ0) is 15.4. The molecule has 1 aromatic heterocycles. The summed E-state index contributed by atoms with van der Waals surface area (Å²) in [6.45, 7) is 0.491. The van der Waals surface area contributed by atoms with Crippen LogP contribution >= 0.6 is 11.3 Å². The predicted octanol–water partition coefficient (Wildman–Crippen LogP) is 3.11. The highest BCUT2D eigenvalue weighted by Gasteiger charge is 2.19. The molecule has 0 fully saturated rings. The number of benzene rings is 1. The van der Waals surface area contributed by atoms with Crippen LogP contribution in [0.25, 0.3) is 0 Å². The quantitative estimate of drug-likeness (QED) is 0.630. The second-order valence-corrected chi connectivity index (χ2v) is 5.51. The number of amides is 1. The standard InChI is InChI=1S/C14H13FN2O3S/c1-16(7-6-11-3-2-8-21-11)14(18)10-4-5-12(15)13(9-10)17(19)20/h2-5,8-9H,6-7H2,1H3. The molecule has 0 aliphatic heterocycles. The van der Waals surface area contributed by atoms with Crippen molar-refractivity contribution < 1.29 is 14.1 Å². The minimum absolute atomic E-state index is 0.108. The van der Waals surface area contributed by atoms with Gasteiger partial charge in [-0.25, -0.2) is 0 Å². The van der Waals surface area contributed by atoms with Gasteiger partial charge in [0.2, 0.25) is 5.82 Å². The first kappa shape index (κ1) is 15.1. The average Bonchev–Trinajstić information content (AvgIpc) is 2.97. The molecule has 1 aromatic carbocycles. The topological polar surface area (TPSA) is 63.5 Å². The summed E-state index contributed by atoms with van der Waals surface area (Å²) in [5.41, 5.74) is -0.579. The second kappa shape index (κ2) is 6.45. The number of carbonyl (C=O) groups excluding carboxylic acids is 1. The van der Waals surface area contributed by atoms with E-state index in [2.05, 4.69) is 0 Å². The first-order valence-corrected chi connectivity index (χ1v) is 7.09. The van der Waals surface area contributed by atoms with Crippen LogP contribution in [0.4, 0.5) is 10.1 Å². The lowest BCUT2D eigenvalue weighted by molar-refractivity contribution is -0.387. The van der Waals surface area contributed by atoms with E-state index in [1.165, 1.54) is 11.0 Å². The van der Waals surface area contributed by atoms with Gasteiger partial charge in [0.1, 0.15) is 0 Å². The van der Waals surface area contributed by atoms with Gasteiger partial charge in [-0.1, -0.05) is 6.07 Å². The molecule has 110 valence electrons. The third-order valence-electron chi connectivity index (χ3n) is 3.01. The van der Waals surface area contributed by atoms with Crippen LogP contribution in [0.2, 0.25) is 0 Å². The number of carbonyl (C=O) groups is 1. The summed E-state index contributed by atoms with van der Waals surface area (Å²) in [4.78, 5) is 24.7. The van der Waals surface area contributed by atoms with Crippen molar-refractivity contribution in [3.05, 3.63) is 62.1 Å². The Kier molecular flexibility index (Phi) is 4.64. The molecule has 0 unspecified atom stereocenters. The fourth-order valence-corrected chi connectivity index (χ4v) is 2.54. The lowest BCUT2D eigenvalue weighted by Crippen LogP contribution is -2.28. The maximum atomic E-state index is 13.3. The Morgan fingerprint density at radius 1 is 1.43 bits per heavy atom. The van der Waals surface area contributed by atoms with Crippen LogP contribution in [0.5, 0.6) is 0 Å². The molecular weight excluding hydrogens is 295 g/mol. The summed E-state index contributed by atoms with van der Waals surface area (Å²) in [5, 5.41) is 12.6. The number of hydrogen-bond donors (Lipinski definition) is 0. The van der Waals surface area contributed by atoms with E-state index in [0.717, 1.165) is 17.0 Å². The minimum Gasteiger partial charge on any atom is -0.341 e. The van der Waals surface area contributed by atoms with E-state index in [0.29, 0.717) is 13.0 Å². The van der Waals surface area contributed by atoms with E-state index in [1.807, 2.05) is 17.5 Å². The molecule has 0 aliphatic carbocycles. The molecule has 0 N–H and O–H groups in total. The Morgan fingerprint density at radius 3 is 2.81 bits per heavy atom. The molecular formula is C14H13FN2O3S. The van der Waals surface area contributed by atoms with Gasteiger partial charge in [0.15, 0.2) is 0 Å². The van der Waals surface area contributed by atoms with Crippen LogP contribution in [0, 0.1) is 15.9 Å². The molecule has 0 atom stereocenters. The van der Waals surface area contributed by atoms with Crippen molar-refractivity contribution in [3.8, 4) is 0 Å². The molecule has 0 bridgehead atoms. The molecule has 2 aromatic rings. The number of thiophene rings is 1. The Bertz CT molecular complexity index is 658. The zero-order valence-electron chi connectivity index (χ0n) is 11.3. The molecule has 0 aliphatic rings. The maximum Gasteiger partial charge on any atom is 0.305 e. The minimum atomic E-state index is -0.946. The van der Waals surface area contributed by atoms with E-state index in [9.17, 15) is 19.3 Å². The number of halogens is 1. The van der Waals surface area contributed by atoms with Gasteiger partial charge in [-0.15, -0.1) is 11.3 Å². The Labute approximate surface area is 124 Å². The van der Waals surface area contributed by atoms with Crippen molar-refractivity contribution in [2.24, 2.45) is 0 Å². The molecule has 5 nitrogen and oxygen atoms in total. The lowest BCUT2D eigenvalue weighted by atomic mass is 10.1. The first-order chi connectivity index (χ1) is 9.99. The first-order valence-electron chi connectivity index (χ1n) is 6.21. The monoisotopic (exact) mass is 308 g/mol. The Hall–Kier alpha value is -2.28. The zero-order valence-corrected chi connectivity index (χ0v) is 12.1. The Morgan fingerprint density at radius 2 is 2.19 bits per heavy atom. The van der Waals surface area contributed by atoms with Crippen LogP contribution in [-0.4, -0.2) is 29.3 Å². The molecule has 21 heavy (non-hydrogen) atoms. The highest BCUT2D eigenvalue weighted by molar-refractivity contribution is 7.09. The number of hydrogen-bond acceptors (Lipinski definition) is 4. The van der Waals surface area contributed by atoms with E-state index in [-0.39, 0.29) is 11.5 Å². The van der Waals surface area contributed by atoms with Crippen LogP contribution in [-0.2, 0) is 6.42 Å². The molecule has 2 rings (SSSR count). The van der Waals surface area contributed by atoms with Gasteiger partial charge in [0.05, 0.1) is 4.92 Å². The fourth-order valence-electron chi connectivity index (χ4n) is 1.84. The molecule has 0 spiro atoms. The lowest BCUT2D eigenvalue weighted by Gasteiger charge is -2.16. The van der Waals surface area contributed by atoms with Crippen molar-refractivity contribution in [1.29, 1.82) is 0 Å². The van der Waals surface area contributed by atoms with Crippen molar-refractivity contribution in [1.82, 2.24) is 4.90 Å². The largest absolute Gasteiger partial charge is 0.341 e. The molecule has 0 saturated heterocycles. The SMILES string of the molecule is CN(CCc1cccs1)C(=O)c1ccc(F)c([N+](=O)[O-])c1.